The van der Waals surface area contributed by atoms with Crippen LogP contribution in [0, 0.1) is 12.7 Å². The van der Waals surface area contributed by atoms with Gasteiger partial charge in [-0.05, 0) is 30.7 Å². The predicted molar refractivity (Wildman–Crippen MR) is 78.4 cm³/mol. The van der Waals surface area contributed by atoms with Gasteiger partial charge in [0.15, 0.2) is 0 Å². The molecule has 112 valence electrons. The minimum absolute atomic E-state index is 0.132. The lowest BCUT2D eigenvalue weighted by Gasteiger charge is -2.06. The van der Waals surface area contributed by atoms with E-state index in [4.69, 9.17) is 0 Å². The van der Waals surface area contributed by atoms with E-state index in [1.54, 1.807) is 6.07 Å². The molecule has 6 heteroatoms. The van der Waals surface area contributed by atoms with Crippen molar-refractivity contribution in [3.05, 3.63) is 35.3 Å². The van der Waals surface area contributed by atoms with Crippen LogP contribution in [0.25, 0.3) is 10.9 Å². The Morgan fingerprint density at radius 1 is 1.24 bits per heavy atom. The maximum Gasteiger partial charge on any atom is 0.224 e. The van der Waals surface area contributed by atoms with E-state index in [0.29, 0.717) is 13.1 Å². The SMILES string of the molecule is CC(=O)NCCNC(=O)Cc1c(C)[nH]c2ccc(F)cc12. The van der Waals surface area contributed by atoms with Crippen LogP contribution in [0.1, 0.15) is 18.2 Å². The number of hydrogen-bond acceptors (Lipinski definition) is 2. The highest BCUT2D eigenvalue weighted by molar-refractivity contribution is 5.90. The fourth-order valence-electron chi connectivity index (χ4n) is 2.25. The van der Waals surface area contributed by atoms with Crippen LogP contribution >= 0.6 is 0 Å². The second-order valence-electron chi connectivity index (χ2n) is 4.93. The summed E-state index contributed by atoms with van der Waals surface area (Å²) >= 11 is 0. The number of carbonyl (C=O) groups excluding carboxylic acids is 2. The highest BCUT2D eigenvalue weighted by Crippen LogP contribution is 2.23. The largest absolute Gasteiger partial charge is 0.358 e. The van der Waals surface area contributed by atoms with Gasteiger partial charge in [-0.1, -0.05) is 0 Å². The van der Waals surface area contributed by atoms with Crippen LogP contribution < -0.4 is 10.6 Å². The molecular formula is C15H18FN3O2. The molecule has 1 aromatic carbocycles. The van der Waals surface area contributed by atoms with Crippen molar-refractivity contribution >= 4 is 22.7 Å². The Kier molecular flexibility index (Phi) is 4.57. The van der Waals surface area contributed by atoms with Crippen LogP contribution in [0.15, 0.2) is 18.2 Å². The summed E-state index contributed by atoms with van der Waals surface area (Å²) in [4.78, 5) is 25.7. The smallest absolute Gasteiger partial charge is 0.224 e. The zero-order chi connectivity index (χ0) is 15.4. The number of benzene rings is 1. The van der Waals surface area contributed by atoms with Crippen molar-refractivity contribution in [2.75, 3.05) is 13.1 Å². The van der Waals surface area contributed by atoms with Crippen molar-refractivity contribution in [2.45, 2.75) is 20.3 Å². The minimum atomic E-state index is -0.325. The molecule has 3 N–H and O–H groups in total. The van der Waals surface area contributed by atoms with E-state index in [1.165, 1.54) is 19.1 Å². The molecule has 0 atom stereocenters. The average molecular weight is 291 g/mol. The third-order valence-electron chi connectivity index (χ3n) is 3.24. The van der Waals surface area contributed by atoms with Gasteiger partial charge in [-0.3, -0.25) is 9.59 Å². The van der Waals surface area contributed by atoms with Crippen molar-refractivity contribution in [2.24, 2.45) is 0 Å². The number of halogens is 1. The molecule has 0 fully saturated rings. The van der Waals surface area contributed by atoms with Gasteiger partial charge in [0.1, 0.15) is 5.82 Å². The van der Waals surface area contributed by atoms with Gasteiger partial charge in [-0.15, -0.1) is 0 Å². The third-order valence-corrected chi connectivity index (χ3v) is 3.24. The molecule has 1 heterocycles. The van der Waals surface area contributed by atoms with Gasteiger partial charge in [0, 0.05) is 36.6 Å². The van der Waals surface area contributed by atoms with E-state index < -0.39 is 0 Å². The van der Waals surface area contributed by atoms with Crippen LogP contribution in [0.4, 0.5) is 4.39 Å². The first kappa shape index (κ1) is 15.0. The van der Waals surface area contributed by atoms with Crippen molar-refractivity contribution in [1.82, 2.24) is 15.6 Å². The van der Waals surface area contributed by atoms with Crippen LogP contribution in [0.2, 0.25) is 0 Å². The molecule has 0 aliphatic heterocycles. The number of carbonyl (C=O) groups is 2. The van der Waals surface area contributed by atoms with Crippen LogP contribution in [-0.4, -0.2) is 29.9 Å². The van der Waals surface area contributed by atoms with Crippen molar-refractivity contribution in [1.29, 1.82) is 0 Å². The monoisotopic (exact) mass is 291 g/mol. The summed E-state index contributed by atoms with van der Waals surface area (Å²) < 4.78 is 13.3. The summed E-state index contributed by atoms with van der Waals surface area (Å²) in [5.74, 6) is -0.616. The molecule has 2 aromatic rings. The molecule has 2 amide bonds. The van der Waals surface area contributed by atoms with E-state index in [9.17, 15) is 14.0 Å². The number of nitrogens with one attached hydrogen (secondary N) is 3. The van der Waals surface area contributed by atoms with Gasteiger partial charge in [-0.25, -0.2) is 4.39 Å². The van der Waals surface area contributed by atoms with E-state index in [0.717, 1.165) is 22.2 Å². The number of aromatic nitrogens is 1. The fraction of sp³-hybridized carbons (Fsp3) is 0.333. The van der Waals surface area contributed by atoms with Gasteiger partial charge in [0.05, 0.1) is 6.42 Å². The third kappa shape index (κ3) is 3.81. The van der Waals surface area contributed by atoms with E-state index in [1.807, 2.05) is 6.92 Å². The first-order valence-electron chi connectivity index (χ1n) is 6.75. The predicted octanol–water partition coefficient (Wildman–Crippen LogP) is 1.41. The van der Waals surface area contributed by atoms with Gasteiger partial charge in [0.25, 0.3) is 0 Å². The Morgan fingerprint density at radius 2 is 1.95 bits per heavy atom. The number of H-pyrrole nitrogens is 1. The van der Waals surface area contributed by atoms with Gasteiger partial charge < -0.3 is 15.6 Å². The number of aromatic amines is 1. The summed E-state index contributed by atoms with van der Waals surface area (Å²) in [6.45, 7) is 4.04. The fourth-order valence-corrected chi connectivity index (χ4v) is 2.25. The highest BCUT2D eigenvalue weighted by atomic mass is 19.1. The number of fused-ring (bicyclic) bond motifs is 1. The Bertz CT molecular complexity index is 679. The molecule has 2 rings (SSSR count). The Labute approximate surface area is 121 Å². The number of hydrogen-bond donors (Lipinski definition) is 3. The maximum absolute atomic E-state index is 13.3. The summed E-state index contributed by atoms with van der Waals surface area (Å²) in [6.07, 6.45) is 0.176. The summed E-state index contributed by atoms with van der Waals surface area (Å²) in [5, 5.41) is 6.05. The lowest BCUT2D eigenvalue weighted by molar-refractivity contribution is -0.121. The molecule has 0 bridgehead atoms. The zero-order valence-electron chi connectivity index (χ0n) is 12.0. The molecule has 21 heavy (non-hydrogen) atoms. The summed E-state index contributed by atoms with van der Waals surface area (Å²) in [5.41, 5.74) is 2.46. The molecule has 0 aliphatic carbocycles. The molecule has 0 radical (unpaired) electrons. The van der Waals surface area contributed by atoms with Crippen molar-refractivity contribution in [3.63, 3.8) is 0 Å². The van der Waals surface area contributed by atoms with Crippen molar-refractivity contribution < 1.29 is 14.0 Å². The number of aryl methyl sites for hydroxylation is 1. The second kappa shape index (κ2) is 6.39. The summed E-state index contributed by atoms with van der Waals surface area (Å²) in [7, 11) is 0. The van der Waals surface area contributed by atoms with Gasteiger partial charge in [0.2, 0.25) is 11.8 Å². The second-order valence-corrected chi connectivity index (χ2v) is 4.93. The molecule has 5 nitrogen and oxygen atoms in total. The first-order chi connectivity index (χ1) is 9.97. The normalized spacial score (nSPS) is 10.6. The number of rotatable bonds is 5. The Morgan fingerprint density at radius 3 is 2.67 bits per heavy atom. The standard InChI is InChI=1S/C15H18FN3O2/c1-9-12(8-15(21)18-6-5-17-10(2)20)13-7-11(16)3-4-14(13)19-9/h3-4,7,19H,5-6,8H2,1-2H3,(H,17,20)(H,18,21). The molecule has 1 aromatic heterocycles. The lowest BCUT2D eigenvalue weighted by Crippen LogP contribution is -2.34. The zero-order valence-corrected chi connectivity index (χ0v) is 12.0. The number of amides is 2. The van der Waals surface area contributed by atoms with Crippen LogP contribution in [0.5, 0.6) is 0 Å². The molecular weight excluding hydrogens is 273 g/mol. The first-order valence-corrected chi connectivity index (χ1v) is 6.75. The van der Waals surface area contributed by atoms with E-state index in [-0.39, 0.29) is 24.1 Å². The quantitative estimate of drug-likeness (QED) is 0.729. The van der Waals surface area contributed by atoms with E-state index >= 15 is 0 Å². The highest BCUT2D eigenvalue weighted by Gasteiger charge is 2.12. The summed E-state index contributed by atoms with van der Waals surface area (Å²) in [6, 6.07) is 4.48. The topological polar surface area (TPSA) is 74.0 Å². The van der Waals surface area contributed by atoms with E-state index in [2.05, 4.69) is 15.6 Å². The average Bonchev–Trinajstić information content (AvgIpc) is 2.71. The molecule has 0 aliphatic rings. The Balaban J connectivity index is 2.02. The molecule has 0 saturated carbocycles. The van der Waals surface area contributed by atoms with Gasteiger partial charge >= 0.3 is 0 Å². The molecule has 0 spiro atoms. The lowest BCUT2D eigenvalue weighted by atomic mass is 10.1. The minimum Gasteiger partial charge on any atom is -0.358 e. The molecule has 0 saturated heterocycles. The maximum atomic E-state index is 13.3. The van der Waals surface area contributed by atoms with Crippen LogP contribution in [-0.2, 0) is 16.0 Å². The van der Waals surface area contributed by atoms with Crippen LogP contribution in [0.3, 0.4) is 0 Å². The molecule has 0 unspecified atom stereocenters. The Hall–Kier alpha value is -2.37. The van der Waals surface area contributed by atoms with Gasteiger partial charge in [-0.2, -0.15) is 0 Å². The van der Waals surface area contributed by atoms with Crippen molar-refractivity contribution in [3.8, 4) is 0 Å².